The van der Waals surface area contributed by atoms with Crippen molar-refractivity contribution < 1.29 is 80.2 Å². The standard InChI is InChI=1S/C81H142O17P2/c1-5-9-13-17-21-25-29-33-36-37-40-44-48-52-56-60-64-68-81(86)98-76(71-91-78(83)65-61-57-53-49-45-41-32-28-24-20-16-12-8-4)73-95-99(87,88)93-69-75(82)70-94-100(89,90)96-74-77(97-80(85)67-63-59-55-51-47-43-39-35-31-27-23-19-15-11-7-3)72-92-79(84)66-62-58-54-50-46-42-38-34-30-26-22-18-14-10-6-2/h21-22,25-27,31,33-36,38-40,44,52,56,75-77,82H,5-20,23-24,28-30,32,37,41-43,45-51,53-55,57-74H2,1-4H3,(H,87,88)(H,89,90)/b25-21-,26-22-,31-27-,36-33-,38-34-,39-35-,44-40-,56-52-/t75-,76+,77+/m0/s1. The predicted octanol–water partition coefficient (Wildman–Crippen LogP) is 22.8. The summed E-state index contributed by atoms with van der Waals surface area (Å²) in [6, 6.07) is 0. The van der Waals surface area contributed by atoms with Crippen LogP contribution in [0.15, 0.2) is 97.2 Å². The predicted molar refractivity (Wildman–Crippen MR) is 409 cm³/mol. The summed E-state index contributed by atoms with van der Waals surface area (Å²) < 4.78 is 68.5. The average Bonchev–Trinajstić information content (AvgIpc) is 1.13. The normalized spacial score (nSPS) is 14.4. The molecule has 19 heteroatoms. The first-order valence-corrected chi connectivity index (χ1v) is 42.5. The number of allylic oxidation sites excluding steroid dienone is 16. The van der Waals surface area contributed by atoms with Gasteiger partial charge in [-0.25, -0.2) is 9.13 Å². The summed E-state index contributed by atoms with van der Waals surface area (Å²) >= 11 is 0. The summed E-state index contributed by atoms with van der Waals surface area (Å²) in [6.45, 7) is 4.73. The van der Waals surface area contributed by atoms with Crippen LogP contribution in [0, 0.1) is 0 Å². The van der Waals surface area contributed by atoms with Gasteiger partial charge in [-0.3, -0.25) is 37.3 Å². The van der Waals surface area contributed by atoms with Gasteiger partial charge < -0.3 is 33.8 Å². The van der Waals surface area contributed by atoms with Crippen LogP contribution in [0.25, 0.3) is 0 Å². The zero-order chi connectivity index (χ0) is 73.2. The number of esters is 4. The molecular weight excluding hydrogens is 1310 g/mol. The van der Waals surface area contributed by atoms with Gasteiger partial charge in [-0.1, -0.05) is 285 Å². The number of carbonyl (C=O) groups excluding carboxylic acids is 4. The molecule has 0 bridgehead atoms. The molecule has 0 spiro atoms. The molecule has 0 rings (SSSR count). The number of hydrogen-bond donors (Lipinski definition) is 3. The molecule has 0 aliphatic heterocycles. The molecule has 17 nitrogen and oxygen atoms in total. The Morgan fingerprint density at radius 1 is 0.290 bits per heavy atom. The van der Waals surface area contributed by atoms with E-state index in [-0.39, 0.29) is 25.7 Å². The first kappa shape index (κ1) is 96.0. The van der Waals surface area contributed by atoms with Crippen molar-refractivity contribution in [2.75, 3.05) is 39.6 Å². The maximum atomic E-state index is 13.1. The van der Waals surface area contributed by atoms with E-state index in [4.69, 9.17) is 37.0 Å². The fraction of sp³-hybridized carbons (Fsp3) is 0.753. The number of rotatable bonds is 74. The van der Waals surface area contributed by atoms with E-state index < -0.39 is 97.5 Å². The highest BCUT2D eigenvalue weighted by Gasteiger charge is 2.30. The summed E-state index contributed by atoms with van der Waals surface area (Å²) in [7, 11) is -9.97. The van der Waals surface area contributed by atoms with Crippen LogP contribution in [-0.2, 0) is 65.4 Å². The minimum absolute atomic E-state index is 0.0205. The number of phosphoric acid groups is 2. The van der Waals surface area contributed by atoms with Crippen LogP contribution in [0.4, 0.5) is 0 Å². The first-order valence-electron chi connectivity index (χ1n) is 39.5. The Morgan fingerprint density at radius 2 is 0.530 bits per heavy atom. The van der Waals surface area contributed by atoms with Crippen LogP contribution in [0.5, 0.6) is 0 Å². The van der Waals surface area contributed by atoms with E-state index in [1.165, 1.54) is 122 Å². The molecule has 0 saturated carbocycles. The Hall–Kier alpha value is -4.02. The maximum Gasteiger partial charge on any atom is 0.472 e. The second-order valence-corrected chi connectivity index (χ2v) is 29.2. The highest BCUT2D eigenvalue weighted by molar-refractivity contribution is 7.47. The number of phosphoric ester groups is 2. The molecule has 5 atom stereocenters. The third-order valence-corrected chi connectivity index (χ3v) is 18.4. The van der Waals surface area contributed by atoms with E-state index >= 15 is 0 Å². The molecule has 0 aliphatic carbocycles. The molecule has 3 N–H and O–H groups in total. The van der Waals surface area contributed by atoms with E-state index in [0.717, 1.165) is 128 Å². The Bertz CT molecular complexity index is 2270. The van der Waals surface area contributed by atoms with Crippen LogP contribution >= 0.6 is 15.6 Å². The van der Waals surface area contributed by atoms with Gasteiger partial charge in [0.05, 0.1) is 26.4 Å². The fourth-order valence-corrected chi connectivity index (χ4v) is 12.0. The van der Waals surface area contributed by atoms with E-state index in [0.29, 0.717) is 32.1 Å². The Labute approximate surface area is 607 Å². The largest absolute Gasteiger partial charge is 0.472 e. The lowest BCUT2D eigenvalue weighted by Gasteiger charge is -2.21. The minimum atomic E-state index is -4.99. The number of carbonyl (C=O) groups is 4. The van der Waals surface area contributed by atoms with Gasteiger partial charge in [0.1, 0.15) is 19.3 Å². The molecule has 578 valence electrons. The maximum absolute atomic E-state index is 13.1. The second-order valence-electron chi connectivity index (χ2n) is 26.3. The molecule has 0 aromatic rings. The van der Waals surface area contributed by atoms with Crippen molar-refractivity contribution in [3.8, 4) is 0 Å². The molecular formula is C81H142O17P2. The third-order valence-electron chi connectivity index (χ3n) is 16.5. The molecule has 0 heterocycles. The second kappa shape index (κ2) is 73.3. The van der Waals surface area contributed by atoms with E-state index in [9.17, 15) is 43.2 Å². The summed E-state index contributed by atoms with van der Waals surface area (Å²) in [5.41, 5.74) is 0. The van der Waals surface area contributed by atoms with Gasteiger partial charge in [0.15, 0.2) is 12.2 Å². The summed E-state index contributed by atoms with van der Waals surface area (Å²) in [5.74, 6) is -2.26. The van der Waals surface area contributed by atoms with Gasteiger partial charge in [-0.15, -0.1) is 0 Å². The van der Waals surface area contributed by atoms with Gasteiger partial charge in [0.25, 0.3) is 0 Å². The number of ether oxygens (including phenoxy) is 4. The van der Waals surface area contributed by atoms with Crippen LogP contribution < -0.4 is 0 Å². The Kier molecular flexibility index (Phi) is 70.4. The van der Waals surface area contributed by atoms with Gasteiger partial charge in [0, 0.05) is 25.7 Å². The van der Waals surface area contributed by atoms with Gasteiger partial charge in [-0.2, -0.15) is 0 Å². The average molecular weight is 1450 g/mol. The van der Waals surface area contributed by atoms with Crippen LogP contribution in [0.2, 0.25) is 0 Å². The van der Waals surface area contributed by atoms with Gasteiger partial charge >= 0.3 is 39.5 Å². The molecule has 0 aromatic carbocycles. The van der Waals surface area contributed by atoms with Crippen LogP contribution in [0.3, 0.4) is 0 Å². The van der Waals surface area contributed by atoms with Crippen molar-refractivity contribution in [3.05, 3.63) is 97.2 Å². The topological polar surface area (TPSA) is 237 Å². The van der Waals surface area contributed by atoms with Crippen molar-refractivity contribution in [1.29, 1.82) is 0 Å². The van der Waals surface area contributed by atoms with Crippen molar-refractivity contribution in [1.82, 2.24) is 0 Å². The van der Waals surface area contributed by atoms with Gasteiger partial charge in [0.2, 0.25) is 0 Å². The van der Waals surface area contributed by atoms with Crippen molar-refractivity contribution in [3.63, 3.8) is 0 Å². The quantitative estimate of drug-likeness (QED) is 0.0128. The SMILES string of the molecule is CCCCC/C=C\C/C=C\C/C=C\C/C=C\CCCC(=O)O[C@H](COC(=O)CCCCCCCCCCCCCCC)COP(=O)(O)OC[C@H](O)COP(=O)(O)OC[C@@H](COC(=O)CCCCCCC/C=C\C/C=C\CCCCC)OC(=O)CCCCCCC/C=C\C=C/CCCCCC. The zero-order valence-electron chi connectivity index (χ0n) is 63.1. The van der Waals surface area contributed by atoms with E-state index in [2.05, 4.69) is 113 Å². The number of hydrogen-bond acceptors (Lipinski definition) is 15. The van der Waals surface area contributed by atoms with Crippen molar-refractivity contribution in [2.24, 2.45) is 0 Å². The molecule has 2 unspecified atom stereocenters. The highest BCUT2D eigenvalue weighted by atomic mass is 31.2. The number of aliphatic hydroxyl groups excluding tert-OH is 1. The van der Waals surface area contributed by atoms with Crippen molar-refractivity contribution >= 4 is 39.5 Å². The molecule has 0 aliphatic rings. The van der Waals surface area contributed by atoms with Crippen LogP contribution in [-0.4, -0.2) is 96.7 Å². The van der Waals surface area contributed by atoms with Crippen LogP contribution in [0.1, 0.15) is 336 Å². The van der Waals surface area contributed by atoms with Crippen molar-refractivity contribution in [2.45, 2.75) is 354 Å². The summed E-state index contributed by atoms with van der Waals surface area (Å²) in [4.78, 5) is 72.9. The molecule has 0 saturated heterocycles. The molecule has 0 amide bonds. The summed E-state index contributed by atoms with van der Waals surface area (Å²) in [6.07, 6.45) is 76.8. The van der Waals surface area contributed by atoms with E-state index in [1.807, 2.05) is 12.2 Å². The lowest BCUT2D eigenvalue weighted by atomic mass is 10.0. The highest BCUT2D eigenvalue weighted by Crippen LogP contribution is 2.45. The third kappa shape index (κ3) is 72.3. The number of aliphatic hydroxyl groups is 1. The van der Waals surface area contributed by atoms with Gasteiger partial charge in [-0.05, 0) is 122 Å². The monoisotopic (exact) mass is 1450 g/mol. The molecule has 0 fully saturated rings. The molecule has 0 radical (unpaired) electrons. The fourth-order valence-electron chi connectivity index (χ4n) is 10.5. The smallest absolute Gasteiger partial charge is 0.462 e. The Balaban J connectivity index is 5.42. The summed E-state index contributed by atoms with van der Waals surface area (Å²) in [5, 5.41) is 10.6. The lowest BCUT2D eigenvalue weighted by molar-refractivity contribution is -0.161. The lowest BCUT2D eigenvalue weighted by Crippen LogP contribution is -2.30. The molecule has 100 heavy (non-hydrogen) atoms. The first-order chi connectivity index (χ1) is 48.7. The number of unbranched alkanes of at least 4 members (excludes halogenated alkanes) is 33. The Morgan fingerprint density at radius 3 is 0.880 bits per heavy atom. The van der Waals surface area contributed by atoms with E-state index in [1.54, 1.807) is 0 Å². The molecule has 0 aromatic heterocycles. The minimum Gasteiger partial charge on any atom is -0.462 e. The zero-order valence-corrected chi connectivity index (χ0v) is 64.9.